The number of carboxylic acids is 1. The second-order valence-corrected chi connectivity index (χ2v) is 2.00. The van der Waals surface area contributed by atoms with E-state index in [1.807, 2.05) is 0 Å². The van der Waals surface area contributed by atoms with Crippen LogP contribution in [0.1, 0.15) is 12.8 Å². The van der Waals surface area contributed by atoms with Crippen molar-refractivity contribution in [2.75, 3.05) is 0 Å². The molecule has 0 unspecified atom stereocenters. The van der Waals surface area contributed by atoms with Crippen LogP contribution in [0, 0.1) is 0 Å². The van der Waals surface area contributed by atoms with E-state index >= 15 is 0 Å². The number of nitrogens with one attached hydrogen (secondary N) is 1. The Hall–Kier alpha value is 0.200. The first-order valence-electron chi connectivity index (χ1n) is 2.72. The van der Waals surface area contributed by atoms with Crippen molar-refractivity contribution >= 4 is 49.6 Å². The van der Waals surface area contributed by atoms with Gasteiger partial charge in [-0.05, 0) is 6.42 Å². The SMILES string of the molecule is O=C1CC[C@@H](C(=O)O)N1.[Ca]. The van der Waals surface area contributed by atoms with Gasteiger partial charge in [0.25, 0.3) is 0 Å². The third kappa shape index (κ3) is 2.44. The number of carboxylic acid groups (broad SMARTS) is 1. The molecule has 2 radical (unpaired) electrons. The Morgan fingerprint density at radius 2 is 2.30 bits per heavy atom. The number of aliphatic carboxylic acids is 1. The minimum absolute atomic E-state index is 0. The molecule has 0 aromatic carbocycles. The zero-order valence-electron chi connectivity index (χ0n) is 5.46. The molecule has 0 bridgehead atoms. The van der Waals surface area contributed by atoms with E-state index in [-0.39, 0.29) is 43.6 Å². The van der Waals surface area contributed by atoms with Crippen molar-refractivity contribution in [2.45, 2.75) is 18.9 Å². The summed E-state index contributed by atoms with van der Waals surface area (Å²) in [6.07, 6.45) is 0.769. The molecule has 0 aromatic rings. The van der Waals surface area contributed by atoms with Gasteiger partial charge in [-0.25, -0.2) is 4.79 Å². The van der Waals surface area contributed by atoms with Crippen LogP contribution in [0.2, 0.25) is 0 Å². The van der Waals surface area contributed by atoms with Crippen molar-refractivity contribution in [3.8, 4) is 0 Å². The van der Waals surface area contributed by atoms with Crippen LogP contribution < -0.4 is 5.32 Å². The van der Waals surface area contributed by atoms with E-state index in [4.69, 9.17) is 5.11 Å². The van der Waals surface area contributed by atoms with E-state index in [0.717, 1.165) is 0 Å². The van der Waals surface area contributed by atoms with Crippen molar-refractivity contribution in [1.82, 2.24) is 5.32 Å². The van der Waals surface area contributed by atoms with Gasteiger partial charge in [-0.15, -0.1) is 0 Å². The molecule has 5 heteroatoms. The largest absolute Gasteiger partial charge is 0.480 e. The molecule has 1 amide bonds. The number of hydrogen-bond donors (Lipinski definition) is 2. The molecular weight excluding hydrogens is 162 g/mol. The van der Waals surface area contributed by atoms with Gasteiger partial charge < -0.3 is 10.4 Å². The molecule has 4 nitrogen and oxygen atoms in total. The van der Waals surface area contributed by atoms with E-state index < -0.39 is 12.0 Å². The Kier molecular flexibility index (Phi) is 4.24. The van der Waals surface area contributed by atoms with Crippen LogP contribution in [0.4, 0.5) is 0 Å². The summed E-state index contributed by atoms with van der Waals surface area (Å²) in [6, 6.07) is -0.641. The molecule has 0 saturated carbocycles. The maximum absolute atomic E-state index is 10.4. The Bertz CT molecular complexity index is 159. The summed E-state index contributed by atoms with van der Waals surface area (Å²) in [4.78, 5) is 20.5. The van der Waals surface area contributed by atoms with Gasteiger partial charge >= 0.3 is 5.97 Å². The predicted octanol–water partition coefficient (Wildman–Crippen LogP) is -1.03. The standard InChI is InChI=1S/C5H7NO3.Ca/c7-4-2-1-3(6-4)5(8)9;/h3H,1-2H2,(H,6,7)(H,8,9);/t3-;/m0./s1. The van der Waals surface area contributed by atoms with Crippen LogP contribution in [-0.2, 0) is 9.59 Å². The van der Waals surface area contributed by atoms with Gasteiger partial charge in [-0.1, -0.05) is 0 Å². The van der Waals surface area contributed by atoms with Gasteiger partial charge in [-0.2, -0.15) is 0 Å². The van der Waals surface area contributed by atoms with Crippen molar-refractivity contribution in [3.63, 3.8) is 0 Å². The van der Waals surface area contributed by atoms with Crippen LogP contribution in [-0.4, -0.2) is 60.8 Å². The number of carbonyl (C=O) groups excluding carboxylic acids is 1. The summed E-state index contributed by atoms with van der Waals surface area (Å²) in [5.74, 6) is -1.11. The minimum atomic E-state index is -0.944. The molecule has 1 atom stereocenters. The van der Waals surface area contributed by atoms with E-state index in [9.17, 15) is 9.59 Å². The predicted molar refractivity (Wildman–Crippen MR) is 34.6 cm³/mol. The molecule has 1 aliphatic heterocycles. The van der Waals surface area contributed by atoms with Crippen molar-refractivity contribution in [2.24, 2.45) is 0 Å². The van der Waals surface area contributed by atoms with E-state index in [2.05, 4.69) is 5.32 Å². The minimum Gasteiger partial charge on any atom is -0.480 e. The fourth-order valence-corrected chi connectivity index (χ4v) is 0.799. The van der Waals surface area contributed by atoms with Crippen molar-refractivity contribution in [1.29, 1.82) is 0 Å². The van der Waals surface area contributed by atoms with Crippen LogP contribution in [0.3, 0.4) is 0 Å². The van der Waals surface area contributed by atoms with Crippen LogP contribution in [0.15, 0.2) is 0 Å². The van der Waals surface area contributed by atoms with Gasteiger partial charge in [-0.3, -0.25) is 4.79 Å². The zero-order valence-corrected chi connectivity index (χ0v) is 7.67. The number of amides is 1. The number of rotatable bonds is 1. The smallest absolute Gasteiger partial charge is 0.326 e. The summed E-state index contributed by atoms with van der Waals surface area (Å²) in [6.45, 7) is 0. The van der Waals surface area contributed by atoms with Gasteiger partial charge in [0.1, 0.15) is 6.04 Å². The quantitative estimate of drug-likeness (QED) is 0.493. The van der Waals surface area contributed by atoms with Gasteiger partial charge in [0.15, 0.2) is 0 Å². The first-order valence-corrected chi connectivity index (χ1v) is 2.72. The second kappa shape index (κ2) is 4.16. The Morgan fingerprint density at radius 3 is 2.50 bits per heavy atom. The summed E-state index contributed by atoms with van der Waals surface area (Å²) in [5, 5.41) is 10.6. The Labute approximate surface area is 88.0 Å². The average molecular weight is 169 g/mol. The van der Waals surface area contributed by atoms with Crippen molar-refractivity contribution < 1.29 is 14.7 Å². The monoisotopic (exact) mass is 169 g/mol. The zero-order chi connectivity index (χ0) is 6.85. The fraction of sp³-hybridized carbons (Fsp3) is 0.600. The Morgan fingerprint density at radius 1 is 1.70 bits per heavy atom. The Balaban J connectivity index is 0.000000810. The van der Waals surface area contributed by atoms with Gasteiger partial charge in [0.2, 0.25) is 5.91 Å². The molecular formula is C5H7CaNO3. The van der Waals surface area contributed by atoms with Gasteiger partial charge in [0.05, 0.1) is 0 Å². The first kappa shape index (κ1) is 10.2. The summed E-state index contributed by atoms with van der Waals surface area (Å²) in [5.41, 5.74) is 0. The molecule has 1 heterocycles. The molecule has 52 valence electrons. The summed E-state index contributed by atoms with van der Waals surface area (Å²) in [7, 11) is 0. The summed E-state index contributed by atoms with van der Waals surface area (Å²) < 4.78 is 0. The third-order valence-corrected chi connectivity index (χ3v) is 1.29. The maximum atomic E-state index is 10.4. The van der Waals surface area contributed by atoms with Crippen LogP contribution >= 0.6 is 0 Å². The molecule has 0 aromatic heterocycles. The average Bonchev–Trinajstić information content (AvgIpc) is 2.14. The van der Waals surface area contributed by atoms with Crippen LogP contribution in [0.25, 0.3) is 0 Å². The molecule has 10 heavy (non-hydrogen) atoms. The first-order chi connectivity index (χ1) is 4.20. The molecule has 2 N–H and O–H groups in total. The molecule has 1 saturated heterocycles. The van der Waals surface area contributed by atoms with E-state index in [1.54, 1.807) is 0 Å². The molecule has 1 fully saturated rings. The van der Waals surface area contributed by atoms with E-state index in [0.29, 0.717) is 12.8 Å². The fourth-order valence-electron chi connectivity index (χ4n) is 0.799. The van der Waals surface area contributed by atoms with E-state index in [1.165, 1.54) is 0 Å². The number of hydrogen-bond acceptors (Lipinski definition) is 2. The second-order valence-electron chi connectivity index (χ2n) is 2.00. The summed E-state index contributed by atoms with van der Waals surface area (Å²) >= 11 is 0. The molecule has 0 spiro atoms. The van der Waals surface area contributed by atoms with Crippen LogP contribution in [0.5, 0.6) is 0 Å². The molecule has 1 aliphatic rings. The van der Waals surface area contributed by atoms with Gasteiger partial charge in [0, 0.05) is 44.2 Å². The molecule has 0 aliphatic carbocycles. The number of carbonyl (C=O) groups is 2. The third-order valence-electron chi connectivity index (χ3n) is 1.29. The molecule has 1 rings (SSSR count). The topological polar surface area (TPSA) is 66.4 Å². The van der Waals surface area contributed by atoms with Crippen molar-refractivity contribution in [3.05, 3.63) is 0 Å². The normalized spacial score (nSPS) is 23.2. The maximum Gasteiger partial charge on any atom is 0.326 e.